The molecule has 1 amide bonds. The minimum absolute atomic E-state index is 0.162. The lowest BCUT2D eigenvalue weighted by Crippen LogP contribution is -2.44. The van der Waals surface area contributed by atoms with E-state index in [1.54, 1.807) is 35.9 Å². The predicted molar refractivity (Wildman–Crippen MR) is 140 cm³/mol. The van der Waals surface area contributed by atoms with Crippen molar-refractivity contribution in [2.45, 2.75) is 24.9 Å². The summed E-state index contributed by atoms with van der Waals surface area (Å²) in [6, 6.07) is 12.6. The van der Waals surface area contributed by atoms with Gasteiger partial charge in [0.15, 0.2) is 0 Å². The lowest BCUT2D eigenvalue weighted by Gasteiger charge is -2.26. The minimum Gasteiger partial charge on any atom is -0.314 e. The van der Waals surface area contributed by atoms with Gasteiger partial charge in [-0.25, -0.2) is 18.4 Å². The van der Waals surface area contributed by atoms with Crippen molar-refractivity contribution in [2.75, 3.05) is 31.1 Å². The molecule has 0 aliphatic carbocycles. The molecule has 1 aromatic heterocycles. The highest BCUT2D eigenvalue weighted by Gasteiger charge is 2.40. The van der Waals surface area contributed by atoms with E-state index in [1.165, 1.54) is 10.5 Å². The summed E-state index contributed by atoms with van der Waals surface area (Å²) in [6.45, 7) is 6.79. The van der Waals surface area contributed by atoms with Crippen LogP contribution in [0.2, 0.25) is 10.0 Å². The van der Waals surface area contributed by atoms with Crippen molar-refractivity contribution in [1.82, 2.24) is 19.2 Å². The van der Waals surface area contributed by atoms with Crippen LogP contribution in [0.3, 0.4) is 0 Å². The normalized spacial score (nSPS) is 18.9. The molecule has 34 heavy (non-hydrogen) atoms. The van der Waals surface area contributed by atoms with Crippen LogP contribution in [0.1, 0.15) is 18.5 Å². The Balaban J connectivity index is 0.000000291. The smallest absolute Gasteiger partial charge is 0.256 e. The van der Waals surface area contributed by atoms with Gasteiger partial charge in [-0.15, -0.1) is 0 Å². The Hall–Kier alpha value is -1.75. The van der Waals surface area contributed by atoms with E-state index in [0.29, 0.717) is 39.8 Å². The number of carbonyl (C=O) groups excluding carboxylic acids is 1. The molecule has 0 bridgehead atoms. The Morgan fingerprint density at radius 3 is 2.29 bits per heavy atom. The second-order valence-electron chi connectivity index (χ2n) is 7.97. The molecule has 2 unspecified atom stereocenters. The van der Waals surface area contributed by atoms with Crippen LogP contribution in [0.5, 0.6) is 0 Å². The third-order valence-corrected chi connectivity index (χ3v) is 7.97. The molecule has 3 heterocycles. The number of benzene rings is 2. The molecule has 0 radical (unpaired) electrons. The number of nitrogens with one attached hydrogen (secondary N) is 1. The fraction of sp³-hybridized carbons (Fsp3) is 0.304. The van der Waals surface area contributed by atoms with Gasteiger partial charge < -0.3 is 5.32 Å². The average Bonchev–Trinajstić information content (AvgIpc) is 3.34. The summed E-state index contributed by atoms with van der Waals surface area (Å²) in [4.78, 5) is 18.7. The van der Waals surface area contributed by atoms with Crippen LogP contribution in [0.4, 0.5) is 11.6 Å². The zero-order valence-electron chi connectivity index (χ0n) is 18.7. The molecule has 5 rings (SSSR count). The van der Waals surface area contributed by atoms with E-state index in [1.807, 2.05) is 16.4 Å². The van der Waals surface area contributed by atoms with Crippen molar-refractivity contribution < 1.29 is 9.00 Å². The molecular formula is C23H24BrCl2N5O2S. The Morgan fingerprint density at radius 2 is 1.71 bits per heavy atom. The molecule has 0 spiro atoms. The maximum absolute atomic E-state index is 13.0. The van der Waals surface area contributed by atoms with Crippen molar-refractivity contribution in [1.29, 1.82) is 0 Å². The van der Waals surface area contributed by atoms with E-state index in [0.717, 1.165) is 17.6 Å². The summed E-state index contributed by atoms with van der Waals surface area (Å²) in [6.07, 6.45) is 1.58. The van der Waals surface area contributed by atoms with E-state index in [9.17, 15) is 9.00 Å². The molecule has 1 N–H and O–H groups in total. The molecule has 2 aliphatic rings. The first-order valence-corrected chi connectivity index (χ1v) is 13.4. The molecular weight excluding hydrogens is 561 g/mol. The molecule has 0 saturated carbocycles. The molecule has 7 nitrogen and oxygen atoms in total. The first kappa shape index (κ1) is 25.3. The van der Waals surface area contributed by atoms with Crippen LogP contribution in [-0.2, 0) is 15.8 Å². The molecule has 11 heteroatoms. The number of nitrogens with zero attached hydrogens (tertiary/aromatic N) is 4. The summed E-state index contributed by atoms with van der Waals surface area (Å²) in [7, 11) is -1.37. The van der Waals surface area contributed by atoms with Crippen molar-refractivity contribution >= 4 is 67.7 Å². The fourth-order valence-corrected chi connectivity index (χ4v) is 5.89. The number of aryl methyl sites for hydroxylation is 1. The molecule has 2 aromatic carbocycles. The summed E-state index contributed by atoms with van der Waals surface area (Å²) in [5.41, 5.74) is 1.84. The quantitative estimate of drug-likeness (QED) is 0.464. The van der Waals surface area contributed by atoms with E-state index >= 15 is 0 Å². The Bertz CT molecular complexity index is 1170. The van der Waals surface area contributed by atoms with E-state index in [-0.39, 0.29) is 5.91 Å². The third kappa shape index (κ3) is 5.40. The number of fused-ring (bicyclic) bond motifs is 1. The Labute approximate surface area is 219 Å². The van der Waals surface area contributed by atoms with Crippen LogP contribution < -0.4 is 10.2 Å². The van der Waals surface area contributed by atoms with Crippen LogP contribution in [-0.4, -0.2) is 50.2 Å². The monoisotopic (exact) mass is 583 g/mol. The van der Waals surface area contributed by atoms with Crippen molar-refractivity contribution in [2.24, 2.45) is 0 Å². The lowest BCUT2D eigenvalue weighted by molar-refractivity contribution is -0.119. The van der Waals surface area contributed by atoms with Gasteiger partial charge in [-0.2, -0.15) is 0 Å². The zero-order valence-corrected chi connectivity index (χ0v) is 22.6. The average molecular weight is 585 g/mol. The predicted octanol–water partition coefficient (Wildman–Crippen LogP) is 5.11. The van der Waals surface area contributed by atoms with Crippen LogP contribution >= 0.6 is 39.1 Å². The third-order valence-electron chi connectivity index (χ3n) is 5.51. The maximum atomic E-state index is 13.0. The van der Waals surface area contributed by atoms with Gasteiger partial charge >= 0.3 is 0 Å². The first-order valence-electron chi connectivity index (χ1n) is 10.7. The van der Waals surface area contributed by atoms with Gasteiger partial charge in [-0.1, -0.05) is 56.8 Å². The molecule has 3 aromatic rings. The number of amides is 1. The van der Waals surface area contributed by atoms with Crippen molar-refractivity contribution in [3.63, 3.8) is 0 Å². The number of rotatable bonds is 3. The van der Waals surface area contributed by atoms with Gasteiger partial charge in [0.25, 0.3) is 5.91 Å². The number of carbonyl (C=O) groups is 1. The van der Waals surface area contributed by atoms with Gasteiger partial charge in [0.1, 0.15) is 22.1 Å². The largest absolute Gasteiger partial charge is 0.314 e. The number of aromatic nitrogens is 2. The van der Waals surface area contributed by atoms with Crippen LogP contribution in [0.25, 0.3) is 0 Å². The summed E-state index contributed by atoms with van der Waals surface area (Å²) < 4.78 is 17.8. The Kier molecular flexibility index (Phi) is 8.12. The number of hydrogen-bond acceptors (Lipinski definition) is 4. The van der Waals surface area contributed by atoms with Crippen molar-refractivity contribution in [3.05, 3.63) is 68.7 Å². The van der Waals surface area contributed by atoms with Crippen LogP contribution in [0, 0.1) is 6.92 Å². The highest BCUT2D eigenvalue weighted by Crippen LogP contribution is 2.39. The van der Waals surface area contributed by atoms with Crippen LogP contribution in [0.15, 0.2) is 58.2 Å². The van der Waals surface area contributed by atoms with Gasteiger partial charge in [0.2, 0.25) is 5.95 Å². The molecule has 1 saturated heterocycles. The number of hydrogen-bond donors (Lipinski definition) is 1. The Morgan fingerprint density at radius 1 is 1.09 bits per heavy atom. The number of imidazole rings is 1. The summed E-state index contributed by atoms with van der Waals surface area (Å²) >= 11 is 15.5. The molecule has 2 aliphatic heterocycles. The molecule has 180 valence electrons. The van der Waals surface area contributed by atoms with E-state index < -0.39 is 17.0 Å². The summed E-state index contributed by atoms with van der Waals surface area (Å²) in [5, 5.41) is 4.63. The highest BCUT2D eigenvalue weighted by molar-refractivity contribution is 9.10. The molecule has 2 atom stereocenters. The topological polar surface area (TPSA) is 70.5 Å². The highest BCUT2D eigenvalue weighted by atomic mass is 79.9. The van der Waals surface area contributed by atoms with Gasteiger partial charge in [0, 0.05) is 40.7 Å². The first-order chi connectivity index (χ1) is 16.3. The van der Waals surface area contributed by atoms with E-state index in [2.05, 4.69) is 45.3 Å². The minimum atomic E-state index is -1.37. The second kappa shape index (κ2) is 10.9. The number of piperazine rings is 1. The second-order valence-corrected chi connectivity index (χ2v) is 11.2. The maximum Gasteiger partial charge on any atom is 0.256 e. The summed E-state index contributed by atoms with van der Waals surface area (Å²) in [5.74, 6) is 0.268. The standard InChI is InChI=1S/C16H17Cl2N5O2S.C7H7Br/c1-10-15(24)23(13-7-11(17)6-12(18)8-13)16-20-9-14(22(10)16)26(25)21-4-2-19-3-5-21;1-6-2-4-7(8)5-3-6/h6-10,19H,2-5H2,1H3;2-5H,1H3. The van der Waals surface area contributed by atoms with Gasteiger partial charge in [-0.05, 0) is 44.2 Å². The molecule has 1 fully saturated rings. The fourth-order valence-electron chi connectivity index (χ4n) is 3.78. The van der Waals surface area contributed by atoms with E-state index in [4.69, 9.17) is 23.2 Å². The number of halogens is 3. The van der Waals surface area contributed by atoms with Gasteiger partial charge in [-0.3, -0.25) is 9.36 Å². The number of anilines is 2. The zero-order chi connectivity index (χ0) is 24.4. The van der Waals surface area contributed by atoms with Gasteiger partial charge in [0.05, 0.1) is 11.9 Å². The van der Waals surface area contributed by atoms with Crippen molar-refractivity contribution in [3.8, 4) is 0 Å². The lowest BCUT2D eigenvalue weighted by atomic mass is 10.2. The SMILES string of the molecule is CC1C(=O)N(c2cc(Cl)cc(Cl)c2)c2ncc(S(=O)N3CCNCC3)n21.Cc1ccc(Br)cc1.